The number of nitrogen functional groups attached to an aromatic ring is 1. The third-order valence-electron chi connectivity index (χ3n) is 2.48. The molecule has 1 aromatic heterocycles. The number of anilines is 1. The molecule has 16 heavy (non-hydrogen) atoms. The molecule has 2 N–H and O–H groups in total. The van der Waals surface area contributed by atoms with Crippen LogP contribution in [0.3, 0.4) is 0 Å². The Kier molecular flexibility index (Phi) is 5.88. The molecule has 5 nitrogen and oxygen atoms in total. The number of ether oxygens (including phenoxy) is 1. The summed E-state index contributed by atoms with van der Waals surface area (Å²) in [5.74, 6) is 0.591. The average molecular weight is 226 g/mol. The van der Waals surface area contributed by atoms with E-state index in [4.69, 9.17) is 10.5 Å². The molecule has 0 atom stereocenters. The minimum atomic E-state index is 0.591. The van der Waals surface area contributed by atoms with Gasteiger partial charge in [0.2, 0.25) is 0 Å². The first-order chi connectivity index (χ1) is 7.72. The van der Waals surface area contributed by atoms with Gasteiger partial charge in [-0.2, -0.15) is 5.10 Å². The van der Waals surface area contributed by atoms with Crippen molar-refractivity contribution in [3.05, 3.63) is 12.3 Å². The summed E-state index contributed by atoms with van der Waals surface area (Å²) in [5, 5.41) is 4.14. The van der Waals surface area contributed by atoms with Crippen molar-refractivity contribution in [1.82, 2.24) is 14.7 Å². The molecule has 0 spiro atoms. The quantitative estimate of drug-likeness (QED) is 0.667. The van der Waals surface area contributed by atoms with Crippen LogP contribution in [0.4, 0.5) is 5.82 Å². The lowest BCUT2D eigenvalue weighted by Crippen LogP contribution is -2.23. The van der Waals surface area contributed by atoms with Crippen molar-refractivity contribution >= 4 is 5.82 Å². The van der Waals surface area contributed by atoms with E-state index < -0.39 is 0 Å². The van der Waals surface area contributed by atoms with Gasteiger partial charge in [-0.05, 0) is 32.5 Å². The van der Waals surface area contributed by atoms with Crippen LogP contribution in [-0.4, -0.2) is 48.5 Å². The van der Waals surface area contributed by atoms with E-state index in [2.05, 4.69) is 17.0 Å². The van der Waals surface area contributed by atoms with Crippen LogP contribution in [0, 0.1) is 0 Å². The number of hydrogen-bond acceptors (Lipinski definition) is 4. The molecule has 1 heterocycles. The lowest BCUT2D eigenvalue weighted by molar-refractivity contribution is 0.178. The van der Waals surface area contributed by atoms with E-state index in [-0.39, 0.29) is 0 Å². The van der Waals surface area contributed by atoms with Gasteiger partial charge in [0.15, 0.2) is 0 Å². The summed E-state index contributed by atoms with van der Waals surface area (Å²) >= 11 is 0. The smallest absolute Gasteiger partial charge is 0.145 e. The van der Waals surface area contributed by atoms with Gasteiger partial charge in [0, 0.05) is 33.0 Å². The number of hydrogen-bond donors (Lipinski definition) is 1. The molecule has 0 amide bonds. The fourth-order valence-electron chi connectivity index (χ4n) is 1.60. The van der Waals surface area contributed by atoms with Crippen molar-refractivity contribution in [1.29, 1.82) is 0 Å². The van der Waals surface area contributed by atoms with Gasteiger partial charge in [0.05, 0.1) is 0 Å². The summed E-state index contributed by atoms with van der Waals surface area (Å²) in [6.45, 7) is 3.91. The van der Waals surface area contributed by atoms with Crippen LogP contribution in [0.15, 0.2) is 12.3 Å². The number of aromatic nitrogens is 2. The zero-order valence-corrected chi connectivity index (χ0v) is 10.2. The maximum absolute atomic E-state index is 5.53. The molecular weight excluding hydrogens is 204 g/mol. The number of methoxy groups -OCH3 is 1. The van der Waals surface area contributed by atoms with Crippen LogP contribution in [0.1, 0.15) is 12.8 Å². The summed E-state index contributed by atoms with van der Waals surface area (Å²) in [4.78, 5) is 2.31. The minimum Gasteiger partial charge on any atom is -0.385 e. The van der Waals surface area contributed by atoms with Gasteiger partial charge in [0.25, 0.3) is 0 Å². The van der Waals surface area contributed by atoms with Gasteiger partial charge >= 0.3 is 0 Å². The molecule has 0 aliphatic carbocycles. The molecule has 0 unspecified atom stereocenters. The molecule has 0 fully saturated rings. The van der Waals surface area contributed by atoms with Crippen molar-refractivity contribution in [2.45, 2.75) is 19.4 Å². The highest BCUT2D eigenvalue weighted by Crippen LogP contribution is 1.98. The fraction of sp³-hybridized carbons (Fsp3) is 0.727. The highest BCUT2D eigenvalue weighted by molar-refractivity contribution is 5.23. The molecule has 1 rings (SSSR count). The molecule has 0 aliphatic heterocycles. The van der Waals surface area contributed by atoms with Crippen LogP contribution in [-0.2, 0) is 11.3 Å². The molecule has 0 saturated heterocycles. The number of nitrogens with zero attached hydrogens (tertiary/aromatic N) is 3. The largest absolute Gasteiger partial charge is 0.385 e. The van der Waals surface area contributed by atoms with Crippen molar-refractivity contribution in [3.63, 3.8) is 0 Å². The lowest BCUT2D eigenvalue weighted by Gasteiger charge is -2.15. The second-order valence-corrected chi connectivity index (χ2v) is 4.01. The first-order valence-corrected chi connectivity index (χ1v) is 5.69. The molecule has 1 aromatic rings. The van der Waals surface area contributed by atoms with E-state index in [0.717, 1.165) is 39.1 Å². The second-order valence-electron chi connectivity index (χ2n) is 4.01. The molecule has 0 aromatic carbocycles. The zero-order chi connectivity index (χ0) is 11.8. The maximum atomic E-state index is 5.53. The van der Waals surface area contributed by atoms with Crippen molar-refractivity contribution in [2.24, 2.45) is 0 Å². The summed E-state index contributed by atoms with van der Waals surface area (Å²) in [7, 11) is 3.87. The average Bonchev–Trinajstić information content (AvgIpc) is 2.65. The van der Waals surface area contributed by atoms with E-state index in [1.54, 1.807) is 7.11 Å². The van der Waals surface area contributed by atoms with Gasteiger partial charge in [-0.15, -0.1) is 0 Å². The molecule has 0 aliphatic rings. The van der Waals surface area contributed by atoms with Gasteiger partial charge in [-0.25, -0.2) is 0 Å². The second kappa shape index (κ2) is 7.24. The van der Waals surface area contributed by atoms with Crippen molar-refractivity contribution < 1.29 is 4.74 Å². The molecule has 5 heteroatoms. The highest BCUT2D eigenvalue weighted by atomic mass is 16.5. The Hall–Kier alpha value is -1.07. The molecule has 0 bridgehead atoms. The summed E-state index contributed by atoms with van der Waals surface area (Å²) in [6, 6.07) is 1.82. The summed E-state index contributed by atoms with van der Waals surface area (Å²) in [6.07, 6.45) is 4.09. The van der Waals surface area contributed by atoms with E-state index >= 15 is 0 Å². The molecular formula is C11H22N4O. The van der Waals surface area contributed by atoms with E-state index in [9.17, 15) is 0 Å². The SMILES string of the molecule is COCCCN(C)CCCn1ccc(N)n1. The lowest BCUT2D eigenvalue weighted by atomic mass is 10.3. The number of nitrogens with two attached hydrogens (primary N) is 1. The normalized spacial score (nSPS) is 11.2. The zero-order valence-electron chi connectivity index (χ0n) is 10.2. The Bertz CT molecular complexity index is 287. The van der Waals surface area contributed by atoms with Gasteiger partial charge in [-0.3, -0.25) is 4.68 Å². The molecule has 0 radical (unpaired) electrons. The number of rotatable bonds is 8. The third kappa shape index (κ3) is 5.14. The predicted molar refractivity (Wildman–Crippen MR) is 65.2 cm³/mol. The molecule has 92 valence electrons. The molecule has 0 saturated carbocycles. The third-order valence-corrected chi connectivity index (χ3v) is 2.48. The van der Waals surface area contributed by atoms with Crippen LogP contribution in [0.2, 0.25) is 0 Å². The van der Waals surface area contributed by atoms with Gasteiger partial charge in [0.1, 0.15) is 5.82 Å². The van der Waals surface area contributed by atoms with E-state index in [1.807, 2.05) is 16.9 Å². The maximum Gasteiger partial charge on any atom is 0.145 e. The standard InChI is InChI=1S/C11H22N4O/c1-14(7-4-10-16-2)6-3-8-15-9-5-11(12)13-15/h5,9H,3-4,6-8,10H2,1-2H3,(H2,12,13). The van der Waals surface area contributed by atoms with E-state index in [0.29, 0.717) is 5.82 Å². The number of aryl methyl sites for hydroxylation is 1. The summed E-state index contributed by atoms with van der Waals surface area (Å²) < 4.78 is 6.90. The minimum absolute atomic E-state index is 0.591. The Morgan fingerprint density at radius 3 is 2.81 bits per heavy atom. The highest BCUT2D eigenvalue weighted by Gasteiger charge is 1.99. The summed E-state index contributed by atoms with van der Waals surface area (Å²) in [5.41, 5.74) is 5.53. The Morgan fingerprint density at radius 1 is 1.44 bits per heavy atom. The van der Waals surface area contributed by atoms with E-state index in [1.165, 1.54) is 0 Å². The monoisotopic (exact) mass is 226 g/mol. The predicted octanol–water partition coefficient (Wildman–Crippen LogP) is 0.824. The van der Waals surface area contributed by atoms with Crippen LogP contribution >= 0.6 is 0 Å². The van der Waals surface area contributed by atoms with Crippen molar-refractivity contribution in [3.8, 4) is 0 Å². The fourth-order valence-corrected chi connectivity index (χ4v) is 1.60. The van der Waals surface area contributed by atoms with Crippen molar-refractivity contribution in [2.75, 3.05) is 39.6 Å². The van der Waals surface area contributed by atoms with Crippen LogP contribution in [0.25, 0.3) is 0 Å². The Labute approximate surface area is 97.2 Å². The van der Waals surface area contributed by atoms with Gasteiger partial charge < -0.3 is 15.4 Å². The first-order valence-electron chi connectivity index (χ1n) is 5.69. The Morgan fingerprint density at radius 2 is 2.19 bits per heavy atom. The first kappa shape index (κ1) is 13.0. The van der Waals surface area contributed by atoms with Gasteiger partial charge in [-0.1, -0.05) is 0 Å². The topological polar surface area (TPSA) is 56.3 Å². The van der Waals surface area contributed by atoms with Crippen LogP contribution < -0.4 is 5.73 Å². The van der Waals surface area contributed by atoms with Crippen LogP contribution in [0.5, 0.6) is 0 Å². The Balaban J connectivity index is 2.06.